The number of alkyl halides is 4. The number of ether oxygens (including phenoxy) is 1. The van der Waals surface area contributed by atoms with Crippen molar-refractivity contribution in [2.45, 2.75) is 46.8 Å². The van der Waals surface area contributed by atoms with Crippen LogP contribution in [0, 0.1) is 0 Å². The van der Waals surface area contributed by atoms with Crippen molar-refractivity contribution in [3.63, 3.8) is 0 Å². The van der Waals surface area contributed by atoms with Gasteiger partial charge >= 0.3 is 6.18 Å². The van der Waals surface area contributed by atoms with Crippen molar-refractivity contribution in [1.82, 2.24) is 0 Å². The van der Waals surface area contributed by atoms with E-state index in [1.54, 1.807) is 0 Å². The van der Waals surface area contributed by atoms with Crippen molar-refractivity contribution in [2.24, 2.45) is 5.73 Å². The zero-order valence-electron chi connectivity index (χ0n) is 10.0. The lowest BCUT2D eigenvalue weighted by atomic mass is 9.79. The van der Waals surface area contributed by atoms with Crippen LogP contribution >= 0.6 is 22.6 Å². The molecule has 0 saturated carbocycles. The molecule has 1 aliphatic heterocycles. The Morgan fingerprint density at radius 1 is 1.45 bits per heavy atom. The average molecular weight is 415 g/mol. The Morgan fingerprint density at radius 2 is 1.90 bits per heavy atom. The van der Waals surface area contributed by atoms with Crippen LogP contribution in [0.5, 0.6) is 0 Å². The Morgan fingerprint density at radius 3 is 2.25 bits per heavy atom. The number of nitrogens with two attached hydrogens (primary N) is 1. The molecule has 0 bridgehead atoms. The Hall–Kier alpha value is -0.0500. The molecule has 118 valence electrons. The molecular weight excluding hydrogens is 402 g/mol. The first-order valence-electron chi connectivity index (χ1n) is 5.26. The third-order valence-corrected chi connectivity index (χ3v) is 4.66. The smallest absolute Gasteiger partial charge is 0.382 e. The first kappa shape index (κ1) is 18.0. The van der Waals surface area contributed by atoms with E-state index in [0.717, 1.165) is 29.5 Å². The first-order chi connectivity index (χ1) is 8.78. The molecule has 7 nitrogen and oxygen atoms in total. The van der Waals surface area contributed by atoms with E-state index in [1.165, 1.54) is 0 Å². The average Bonchev–Trinajstić information content (AvgIpc) is 2.29. The molecule has 20 heavy (non-hydrogen) atoms. The predicted octanol–water partition coefficient (Wildman–Crippen LogP) is -1.60. The lowest BCUT2D eigenvalue weighted by Crippen LogP contribution is -2.80. The Labute approximate surface area is 124 Å². The maximum absolute atomic E-state index is 13.1. The number of hydrogen-bond donors (Lipinski definition) is 5. The quantitative estimate of drug-likeness (QED) is 0.271. The van der Waals surface area contributed by atoms with Gasteiger partial charge in [0, 0.05) is 0 Å². The minimum Gasteiger partial charge on any atom is -0.382 e. The molecule has 0 radical (unpaired) electrons. The summed E-state index contributed by atoms with van der Waals surface area (Å²) in [5.41, 5.74) is 1.16. The molecule has 1 heterocycles. The lowest BCUT2D eigenvalue weighted by molar-refractivity contribution is -0.382. The Kier molecular flexibility index (Phi) is 4.77. The summed E-state index contributed by atoms with van der Waals surface area (Å²) < 4.78 is 40.7. The zero-order valence-corrected chi connectivity index (χ0v) is 12.2. The summed E-state index contributed by atoms with van der Waals surface area (Å²) in [6.07, 6.45) is -12.6. The van der Waals surface area contributed by atoms with Gasteiger partial charge < -0.3 is 30.9 Å². The van der Waals surface area contributed by atoms with Crippen LogP contribution in [0.25, 0.3) is 0 Å². The van der Waals surface area contributed by atoms with Crippen molar-refractivity contribution in [3.8, 4) is 0 Å². The van der Waals surface area contributed by atoms with Crippen molar-refractivity contribution in [1.29, 1.82) is 0 Å². The SMILES string of the molecule is CC(=O)C(O)[C@H]1OC(O)[C@H](N)[C@](O)(I)[C@@]1(O)C(F)(F)F. The summed E-state index contributed by atoms with van der Waals surface area (Å²) in [4.78, 5) is 11.1. The molecule has 1 rings (SSSR count). The number of aliphatic hydroxyl groups excluding tert-OH is 2. The third-order valence-electron chi connectivity index (χ3n) is 3.12. The van der Waals surface area contributed by atoms with E-state index >= 15 is 0 Å². The van der Waals surface area contributed by atoms with E-state index in [4.69, 9.17) is 5.73 Å². The molecule has 0 aliphatic carbocycles. The molecule has 1 aliphatic rings. The summed E-state index contributed by atoms with van der Waals surface area (Å²) in [6.45, 7) is 0.762. The van der Waals surface area contributed by atoms with E-state index < -0.39 is 45.7 Å². The van der Waals surface area contributed by atoms with Gasteiger partial charge in [0.05, 0.1) is 6.04 Å². The van der Waals surface area contributed by atoms with E-state index in [1.807, 2.05) is 0 Å². The lowest BCUT2D eigenvalue weighted by Gasteiger charge is -2.53. The number of carbonyl (C=O) groups is 1. The van der Waals surface area contributed by atoms with Crippen LogP contribution < -0.4 is 5.73 Å². The van der Waals surface area contributed by atoms with E-state index in [2.05, 4.69) is 4.74 Å². The first-order valence-corrected chi connectivity index (χ1v) is 6.34. The molecule has 0 aromatic carbocycles. The Balaban J connectivity index is 3.44. The normalized spacial score (nSPS) is 44.2. The highest BCUT2D eigenvalue weighted by molar-refractivity contribution is 14.1. The number of halogens is 4. The zero-order chi connectivity index (χ0) is 16.1. The fraction of sp³-hybridized carbons (Fsp3) is 0.889. The van der Waals surface area contributed by atoms with Crippen molar-refractivity contribution >= 4 is 28.4 Å². The minimum atomic E-state index is -5.48. The van der Waals surface area contributed by atoms with Crippen molar-refractivity contribution in [3.05, 3.63) is 0 Å². The van der Waals surface area contributed by atoms with Gasteiger partial charge in [-0.2, -0.15) is 13.2 Å². The van der Waals surface area contributed by atoms with Crippen LogP contribution in [0.4, 0.5) is 13.2 Å². The number of hydrogen-bond acceptors (Lipinski definition) is 7. The van der Waals surface area contributed by atoms with Gasteiger partial charge in [-0.15, -0.1) is 0 Å². The number of rotatable bonds is 2. The molecule has 11 heteroatoms. The third kappa shape index (κ3) is 2.44. The Bertz CT molecular complexity index is 406. The topological polar surface area (TPSA) is 133 Å². The molecule has 0 amide bonds. The number of carbonyl (C=O) groups excluding carboxylic acids is 1. The summed E-state index contributed by atoms with van der Waals surface area (Å²) in [7, 11) is 0. The number of aliphatic hydroxyl groups is 4. The fourth-order valence-electron chi connectivity index (χ4n) is 1.85. The van der Waals surface area contributed by atoms with Crippen LogP contribution in [0.3, 0.4) is 0 Å². The van der Waals surface area contributed by atoms with Crippen molar-refractivity contribution < 1.29 is 43.1 Å². The van der Waals surface area contributed by atoms with E-state index in [-0.39, 0.29) is 0 Å². The van der Waals surface area contributed by atoms with Crippen LogP contribution in [0.2, 0.25) is 0 Å². The second kappa shape index (κ2) is 5.30. The summed E-state index contributed by atoms with van der Waals surface area (Å²) >= 11 is 0.806. The molecule has 0 aromatic rings. The van der Waals surface area contributed by atoms with Crippen LogP contribution in [-0.4, -0.2) is 66.1 Å². The number of Topliss-reactive ketones (excluding diaryl/α,β-unsaturated/α-hetero) is 1. The highest BCUT2D eigenvalue weighted by Gasteiger charge is 2.76. The van der Waals surface area contributed by atoms with E-state index in [0.29, 0.717) is 0 Å². The van der Waals surface area contributed by atoms with E-state index in [9.17, 15) is 38.4 Å². The fourth-order valence-corrected chi connectivity index (χ4v) is 2.77. The molecule has 2 unspecified atom stereocenters. The molecule has 1 fully saturated rings. The second-order valence-electron chi connectivity index (χ2n) is 4.47. The van der Waals surface area contributed by atoms with Gasteiger partial charge in [0.1, 0.15) is 12.2 Å². The minimum absolute atomic E-state index is 0.762. The van der Waals surface area contributed by atoms with Gasteiger partial charge in [-0.05, 0) is 29.5 Å². The maximum Gasteiger partial charge on any atom is 0.423 e. The standard InChI is InChI=1S/C9H13F3INO6/c1-2(15)3(16)5-7(18,9(10,11)12)8(13,19)4(14)6(17)20-5/h3-6,16-19H,14H2,1H3/t3?,4-,5+,6?,7+,8+/m0/s1. The second-order valence-corrected chi connectivity index (χ2v) is 6.11. The molecular formula is C9H13F3INO6. The van der Waals surface area contributed by atoms with Gasteiger partial charge in [0.25, 0.3) is 0 Å². The highest BCUT2D eigenvalue weighted by atomic mass is 127. The van der Waals surface area contributed by atoms with Crippen molar-refractivity contribution in [2.75, 3.05) is 0 Å². The van der Waals surface area contributed by atoms with Gasteiger partial charge in [-0.1, -0.05) is 0 Å². The van der Waals surface area contributed by atoms with Gasteiger partial charge in [0.2, 0.25) is 5.60 Å². The summed E-state index contributed by atoms with van der Waals surface area (Å²) in [5.74, 6) is -1.15. The molecule has 1 saturated heterocycles. The van der Waals surface area contributed by atoms with Gasteiger partial charge in [-0.25, -0.2) is 0 Å². The molecule has 6 atom stereocenters. The summed E-state index contributed by atoms with van der Waals surface area (Å²) in [6, 6.07) is -2.02. The summed E-state index contributed by atoms with van der Waals surface area (Å²) in [5, 5.41) is 38.7. The largest absolute Gasteiger partial charge is 0.423 e. The predicted molar refractivity (Wildman–Crippen MR) is 65.5 cm³/mol. The van der Waals surface area contributed by atoms with Gasteiger partial charge in [-0.3, -0.25) is 4.79 Å². The molecule has 6 N–H and O–H groups in total. The van der Waals surface area contributed by atoms with Crippen LogP contribution in [-0.2, 0) is 9.53 Å². The molecule has 0 spiro atoms. The van der Waals surface area contributed by atoms with Crippen LogP contribution in [0.15, 0.2) is 0 Å². The highest BCUT2D eigenvalue weighted by Crippen LogP contribution is 2.51. The monoisotopic (exact) mass is 415 g/mol. The van der Waals surface area contributed by atoms with Gasteiger partial charge in [0.15, 0.2) is 15.7 Å². The number of ketones is 1. The molecule has 0 aromatic heterocycles. The van der Waals surface area contributed by atoms with Crippen LogP contribution in [0.1, 0.15) is 6.92 Å². The maximum atomic E-state index is 13.1.